The van der Waals surface area contributed by atoms with Crippen molar-refractivity contribution in [3.8, 4) is 0 Å². The van der Waals surface area contributed by atoms with E-state index in [0.717, 1.165) is 24.8 Å². The van der Waals surface area contributed by atoms with E-state index in [1.807, 2.05) is 12.1 Å². The molecule has 3 aliphatic rings. The summed E-state index contributed by atoms with van der Waals surface area (Å²) in [5, 5.41) is 15.3. The van der Waals surface area contributed by atoms with Gasteiger partial charge in [0, 0.05) is 34.0 Å². The minimum atomic E-state index is -0.912. The molecule has 0 saturated heterocycles. The first kappa shape index (κ1) is 24.9. The van der Waals surface area contributed by atoms with Gasteiger partial charge in [0.25, 0.3) is 5.69 Å². The minimum absolute atomic E-state index is 0.131. The highest BCUT2D eigenvalue weighted by Crippen LogP contribution is 2.49. The van der Waals surface area contributed by atoms with Gasteiger partial charge in [-0.2, -0.15) is 0 Å². The van der Waals surface area contributed by atoms with E-state index in [1.54, 1.807) is 37.3 Å². The van der Waals surface area contributed by atoms with Crippen LogP contribution in [0.15, 0.2) is 65.4 Å². The Bertz CT molecular complexity index is 1360. The molecule has 0 amide bonds. The fourth-order valence-corrected chi connectivity index (χ4v) is 6.09. The molecule has 0 unspecified atom stereocenters. The Kier molecular flexibility index (Phi) is 6.48. The molecule has 5 rings (SSSR count). The van der Waals surface area contributed by atoms with Gasteiger partial charge in [0.05, 0.1) is 22.1 Å². The first-order chi connectivity index (χ1) is 17.7. The van der Waals surface area contributed by atoms with Crippen LogP contribution < -0.4 is 5.32 Å². The van der Waals surface area contributed by atoms with Crippen molar-refractivity contribution in [1.82, 2.24) is 5.32 Å². The van der Waals surface area contributed by atoms with E-state index in [9.17, 15) is 19.7 Å². The quantitative estimate of drug-likeness (QED) is 0.300. The third kappa shape index (κ3) is 4.26. The number of benzene rings is 2. The average Bonchev–Trinajstić information content (AvgIpc) is 3.15. The second kappa shape index (κ2) is 9.61. The Balaban J connectivity index is 1.60. The summed E-state index contributed by atoms with van der Waals surface area (Å²) in [6.45, 7) is 8.26. The standard InChI is InChI=1S/C30H32N2O5/c1-16(2)19-14-13-17(3)24(15-19)37-30(34)25-18(4)31-28-20-9-5-6-10-21(20)29(33)27(28)26(25)22-11-7-8-12-23(22)32(35)36/h5-12,16-17,19,24,26,31H,13-15H2,1-4H3/t17-,19+,24+,26-/m0/s1. The van der Waals surface area contributed by atoms with Crippen LogP contribution in [0.1, 0.15) is 74.4 Å². The summed E-state index contributed by atoms with van der Waals surface area (Å²) in [5.41, 5.74) is 3.19. The highest BCUT2D eigenvalue weighted by atomic mass is 16.6. The van der Waals surface area contributed by atoms with E-state index in [4.69, 9.17) is 4.74 Å². The van der Waals surface area contributed by atoms with Crippen molar-refractivity contribution in [2.45, 2.75) is 59.0 Å². The lowest BCUT2D eigenvalue weighted by Gasteiger charge is -2.37. The zero-order chi connectivity index (χ0) is 26.4. The van der Waals surface area contributed by atoms with E-state index in [1.165, 1.54) is 6.07 Å². The summed E-state index contributed by atoms with van der Waals surface area (Å²) < 4.78 is 6.17. The Morgan fingerprint density at radius 2 is 1.76 bits per heavy atom. The van der Waals surface area contributed by atoms with Gasteiger partial charge in [0.2, 0.25) is 0 Å². The zero-order valence-electron chi connectivity index (χ0n) is 21.6. The minimum Gasteiger partial charge on any atom is -0.459 e. The Morgan fingerprint density at radius 1 is 1.08 bits per heavy atom. The van der Waals surface area contributed by atoms with Crippen molar-refractivity contribution < 1.29 is 19.2 Å². The van der Waals surface area contributed by atoms with Crippen LogP contribution in [-0.2, 0) is 9.53 Å². The van der Waals surface area contributed by atoms with Gasteiger partial charge >= 0.3 is 5.97 Å². The topological polar surface area (TPSA) is 98.5 Å². The molecular formula is C30H32N2O5. The van der Waals surface area contributed by atoms with Crippen molar-refractivity contribution in [2.24, 2.45) is 17.8 Å². The molecule has 1 heterocycles. The smallest absolute Gasteiger partial charge is 0.337 e. The molecule has 0 bridgehead atoms. The van der Waals surface area contributed by atoms with Gasteiger partial charge in [-0.1, -0.05) is 63.2 Å². The number of hydrogen-bond donors (Lipinski definition) is 1. The van der Waals surface area contributed by atoms with Crippen molar-refractivity contribution in [3.05, 3.63) is 92.2 Å². The number of Topliss-reactive ketones (excluding diaryl/α,β-unsaturated/α-hetero) is 1. The maximum atomic E-state index is 13.9. The second-order valence-corrected chi connectivity index (χ2v) is 10.8. The number of nitro benzene ring substituents is 1. The Hall–Kier alpha value is -3.74. The summed E-state index contributed by atoms with van der Waals surface area (Å²) >= 11 is 0. The number of carbonyl (C=O) groups is 2. The molecule has 0 radical (unpaired) electrons. The lowest BCUT2D eigenvalue weighted by atomic mass is 9.75. The van der Waals surface area contributed by atoms with E-state index in [0.29, 0.717) is 39.9 Å². The number of esters is 1. The van der Waals surface area contributed by atoms with E-state index in [2.05, 4.69) is 26.1 Å². The number of para-hydroxylation sites is 1. The predicted octanol–water partition coefficient (Wildman–Crippen LogP) is 6.17. The van der Waals surface area contributed by atoms with Gasteiger partial charge in [-0.05, 0) is 43.9 Å². The van der Waals surface area contributed by atoms with Crippen LogP contribution in [0.2, 0.25) is 0 Å². The van der Waals surface area contributed by atoms with E-state index >= 15 is 0 Å². The largest absolute Gasteiger partial charge is 0.459 e. The third-order valence-corrected chi connectivity index (χ3v) is 8.28. The number of allylic oxidation sites excluding steroid dienone is 2. The van der Waals surface area contributed by atoms with Crippen LogP contribution in [-0.4, -0.2) is 22.8 Å². The lowest BCUT2D eigenvalue weighted by molar-refractivity contribution is -0.385. The number of ketones is 1. The number of nitro groups is 1. The fraction of sp³-hybridized carbons (Fsp3) is 0.400. The number of nitrogens with one attached hydrogen (secondary N) is 1. The number of rotatable bonds is 5. The first-order valence-electron chi connectivity index (χ1n) is 13.0. The van der Waals surface area contributed by atoms with Crippen LogP contribution in [0.5, 0.6) is 0 Å². The number of fused-ring (bicyclic) bond motifs is 2. The summed E-state index contributed by atoms with van der Waals surface area (Å²) in [7, 11) is 0. The second-order valence-electron chi connectivity index (χ2n) is 10.8. The number of dihydropyridines is 1. The molecule has 1 N–H and O–H groups in total. The maximum Gasteiger partial charge on any atom is 0.337 e. The molecule has 7 heteroatoms. The molecule has 1 saturated carbocycles. The highest BCUT2D eigenvalue weighted by molar-refractivity contribution is 6.23. The van der Waals surface area contributed by atoms with Gasteiger partial charge < -0.3 is 10.1 Å². The van der Waals surface area contributed by atoms with Gasteiger partial charge in [-0.25, -0.2) is 4.79 Å². The van der Waals surface area contributed by atoms with Gasteiger partial charge in [0.1, 0.15) is 6.10 Å². The summed E-state index contributed by atoms with van der Waals surface area (Å²) in [6.07, 6.45) is 2.64. The molecule has 2 aromatic carbocycles. The highest BCUT2D eigenvalue weighted by Gasteiger charge is 2.45. The number of ether oxygens (including phenoxy) is 1. The molecule has 192 valence electrons. The molecular weight excluding hydrogens is 468 g/mol. The molecule has 1 fully saturated rings. The zero-order valence-corrected chi connectivity index (χ0v) is 21.6. The summed E-state index contributed by atoms with van der Waals surface area (Å²) in [5.74, 6) is -0.486. The molecule has 1 aliphatic heterocycles. The molecule has 4 atom stereocenters. The van der Waals surface area contributed by atoms with Crippen LogP contribution in [0.25, 0.3) is 5.70 Å². The van der Waals surface area contributed by atoms with Crippen LogP contribution >= 0.6 is 0 Å². The normalized spacial score (nSPS) is 25.1. The number of hydrogen-bond acceptors (Lipinski definition) is 6. The fourth-order valence-electron chi connectivity index (χ4n) is 6.09. The average molecular weight is 501 g/mol. The summed E-state index contributed by atoms with van der Waals surface area (Å²) in [4.78, 5) is 39.2. The van der Waals surface area contributed by atoms with Gasteiger partial charge in [0.15, 0.2) is 5.78 Å². The Morgan fingerprint density at radius 3 is 2.46 bits per heavy atom. The van der Waals surface area contributed by atoms with Crippen LogP contribution in [0.4, 0.5) is 5.69 Å². The number of carbonyl (C=O) groups excluding carboxylic acids is 2. The van der Waals surface area contributed by atoms with Crippen molar-refractivity contribution in [3.63, 3.8) is 0 Å². The van der Waals surface area contributed by atoms with Crippen molar-refractivity contribution in [1.29, 1.82) is 0 Å². The predicted molar refractivity (Wildman–Crippen MR) is 141 cm³/mol. The molecule has 7 nitrogen and oxygen atoms in total. The van der Waals surface area contributed by atoms with E-state index < -0.39 is 16.8 Å². The maximum absolute atomic E-state index is 13.9. The van der Waals surface area contributed by atoms with Gasteiger partial charge in [-0.15, -0.1) is 0 Å². The third-order valence-electron chi connectivity index (χ3n) is 8.28. The monoisotopic (exact) mass is 500 g/mol. The van der Waals surface area contributed by atoms with Crippen LogP contribution in [0, 0.1) is 27.9 Å². The first-order valence-corrected chi connectivity index (χ1v) is 13.0. The molecule has 0 spiro atoms. The van der Waals surface area contributed by atoms with Crippen molar-refractivity contribution in [2.75, 3.05) is 0 Å². The lowest BCUT2D eigenvalue weighted by Crippen LogP contribution is -2.36. The molecule has 37 heavy (non-hydrogen) atoms. The van der Waals surface area contributed by atoms with Crippen LogP contribution in [0.3, 0.4) is 0 Å². The van der Waals surface area contributed by atoms with Crippen molar-refractivity contribution >= 4 is 23.1 Å². The Labute approximate surface area is 216 Å². The molecule has 0 aromatic heterocycles. The number of nitrogens with zero attached hydrogens (tertiary/aromatic N) is 1. The van der Waals surface area contributed by atoms with E-state index in [-0.39, 0.29) is 29.1 Å². The summed E-state index contributed by atoms with van der Waals surface area (Å²) in [6, 6.07) is 13.6. The molecule has 2 aromatic rings. The molecule has 2 aliphatic carbocycles. The SMILES string of the molecule is CC1=C(C(=O)O[C@@H]2C[C@H](C(C)C)CC[C@@H]2C)[C@H](c2ccccc2[N+](=O)[O-])C2=C(N1)c1ccccc1C2=O. The van der Waals surface area contributed by atoms with Gasteiger partial charge in [-0.3, -0.25) is 14.9 Å².